The number of nitrogens with zero attached hydrogens (tertiary/aromatic N) is 1. The third kappa shape index (κ3) is 3.51. The summed E-state index contributed by atoms with van der Waals surface area (Å²) in [6, 6.07) is 2.98. The van der Waals surface area contributed by atoms with Crippen LogP contribution in [-0.4, -0.2) is 37.9 Å². The molecule has 1 fully saturated rings. The molecule has 6 nitrogen and oxygen atoms in total. The van der Waals surface area contributed by atoms with E-state index in [1.165, 1.54) is 0 Å². The summed E-state index contributed by atoms with van der Waals surface area (Å²) >= 11 is 0. The number of halogens is 1. The molecule has 1 aliphatic rings. The van der Waals surface area contributed by atoms with E-state index in [4.69, 9.17) is 10.5 Å². The number of sulfonamides is 1. The molecule has 0 heterocycles. The molecule has 1 saturated carbocycles. The van der Waals surface area contributed by atoms with Crippen LogP contribution in [0.2, 0.25) is 0 Å². The smallest absolute Gasteiger partial charge is 0.321 e. The Morgan fingerprint density at radius 2 is 2.14 bits per heavy atom. The number of ether oxygens (including phenoxy) is 1. The molecule has 0 unspecified atom stereocenters. The average molecular weight is 316 g/mol. The zero-order chi connectivity index (χ0) is 15.6. The first-order chi connectivity index (χ1) is 9.86. The molecule has 1 aromatic carbocycles. The van der Waals surface area contributed by atoms with Gasteiger partial charge in [-0.1, -0.05) is 0 Å². The normalized spacial score (nSPS) is 15.2. The zero-order valence-electron chi connectivity index (χ0n) is 11.6. The van der Waals surface area contributed by atoms with Crippen LogP contribution >= 0.6 is 0 Å². The van der Waals surface area contributed by atoms with E-state index in [0.717, 1.165) is 22.5 Å². The van der Waals surface area contributed by atoms with Gasteiger partial charge in [0, 0.05) is 6.04 Å². The van der Waals surface area contributed by atoms with E-state index in [9.17, 15) is 17.6 Å². The molecule has 2 rings (SSSR count). The second kappa shape index (κ2) is 5.98. The molecule has 0 aliphatic heterocycles. The fourth-order valence-corrected chi connectivity index (χ4v) is 3.59. The van der Waals surface area contributed by atoms with E-state index in [-0.39, 0.29) is 29.8 Å². The highest BCUT2D eigenvalue weighted by molar-refractivity contribution is 7.89. The largest absolute Gasteiger partial charge is 0.465 e. The van der Waals surface area contributed by atoms with Crippen molar-refractivity contribution in [1.29, 1.82) is 0 Å². The summed E-state index contributed by atoms with van der Waals surface area (Å²) in [5.41, 5.74) is 5.16. The van der Waals surface area contributed by atoms with Crippen LogP contribution in [-0.2, 0) is 19.6 Å². The van der Waals surface area contributed by atoms with Crippen LogP contribution < -0.4 is 5.73 Å². The summed E-state index contributed by atoms with van der Waals surface area (Å²) in [4.78, 5) is 11.4. The highest BCUT2D eigenvalue weighted by Gasteiger charge is 2.39. The molecule has 116 valence electrons. The number of anilines is 1. The Bertz CT molecular complexity index is 644. The molecule has 1 aliphatic carbocycles. The van der Waals surface area contributed by atoms with Crippen molar-refractivity contribution in [3.8, 4) is 0 Å². The minimum Gasteiger partial charge on any atom is -0.465 e. The molecule has 0 saturated heterocycles. The quantitative estimate of drug-likeness (QED) is 0.627. The van der Waals surface area contributed by atoms with Gasteiger partial charge < -0.3 is 10.5 Å². The van der Waals surface area contributed by atoms with Crippen molar-refractivity contribution in [1.82, 2.24) is 4.31 Å². The summed E-state index contributed by atoms with van der Waals surface area (Å²) in [5.74, 6) is -1.29. The zero-order valence-corrected chi connectivity index (χ0v) is 12.4. The third-order valence-electron chi connectivity index (χ3n) is 3.12. The highest BCUT2D eigenvalue weighted by atomic mass is 32.2. The molecule has 1 aromatic rings. The number of esters is 1. The van der Waals surface area contributed by atoms with Crippen LogP contribution in [0.5, 0.6) is 0 Å². The lowest BCUT2D eigenvalue weighted by Gasteiger charge is -2.21. The summed E-state index contributed by atoms with van der Waals surface area (Å²) in [6.07, 6.45) is 1.38. The number of hydrogen-bond donors (Lipinski definition) is 1. The third-order valence-corrected chi connectivity index (χ3v) is 5.01. The predicted octanol–water partition coefficient (Wildman–Crippen LogP) is 1.12. The van der Waals surface area contributed by atoms with Crippen molar-refractivity contribution in [3.63, 3.8) is 0 Å². The van der Waals surface area contributed by atoms with Gasteiger partial charge in [0.1, 0.15) is 12.4 Å². The second-order valence-corrected chi connectivity index (χ2v) is 6.66. The van der Waals surface area contributed by atoms with E-state index in [1.807, 2.05) is 0 Å². The summed E-state index contributed by atoms with van der Waals surface area (Å²) in [7, 11) is -3.90. The first-order valence-electron chi connectivity index (χ1n) is 6.58. The molecule has 2 N–H and O–H groups in total. The Hall–Kier alpha value is -1.67. The monoisotopic (exact) mass is 316 g/mol. The van der Waals surface area contributed by atoms with Crippen LogP contribution in [0.1, 0.15) is 19.8 Å². The molecule has 8 heteroatoms. The molecular weight excluding hydrogens is 299 g/mol. The van der Waals surface area contributed by atoms with Gasteiger partial charge in [-0.25, -0.2) is 12.8 Å². The minimum absolute atomic E-state index is 0.127. The first kappa shape index (κ1) is 15.7. The van der Waals surface area contributed by atoms with Gasteiger partial charge in [-0.3, -0.25) is 4.79 Å². The molecular formula is C13H17FN2O4S. The summed E-state index contributed by atoms with van der Waals surface area (Å²) < 4.78 is 44.2. The van der Waals surface area contributed by atoms with E-state index in [2.05, 4.69) is 0 Å². The molecule has 21 heavy (non-hydrogen) atoms. The lowest BCUT2D eigenvalue weighted by Crippen LogP contribution is -2.38. The average Bonchev–Trinajstić information content (AvgIpc) is 3.23. The van der Waals surface area contributed by atoms with Crippen molar-refractivity contribution in [2.24, 2.45) is 0 Å². The van der Waals surface area contributed by atoms with Gasteiger partial charge >= 0.3 is 5.97 Å². The van der Waals surface area contributed by atoms with Gasteiger partial charge in [0.2, 0.25) is 10.0 Å². The van der Waals surface area contributed by atoms with E-state index >= 15 is 0 Å². The Balaban J connectivity index is 2.29. The number of carbonyl (C=O) groups excluding carboxylic acids is 1. The van der Waals surface area contributed by atoms with Gasteiger partial charge in [0.25, 0.3) is 0 Å². The number of nitrogen functional groups attached to an aromatic ring is 1. The van der Waals surface area contributed by atoms with Gasteiger partial charge in [0.15, 0.2) is 0 Å². The van der Waals surface area contributed by atoms with Crippen molar-refractivity contribution in [2.45, 2.75) is 30.7 Å². The number of carbonyl (C=O) groups is 1. The van der Waals surface area contributed by atoms with Gasteiger partial charge in [0.05, 0.1) is 17.2 Å². The van der Waals surface area contributed by atoms with Crippen molar-refractivity contribution in [2.75, 3.05) is 18.9 Å². The number of nitrogens with two attached hydrogens (primary N) is 1. The van der Waals surface area contributed by atoms with Gasteiger partial charge in [-0.15, -0.1) is 0 Å². The van der Waals surface area contributed by atoms with Crippen molar-refractivity contribution < 1.29 is 22.3 Å². The predicted molar refractivity (Wildman–Crippen MR) is 74.4 cm³/mol. The lowest BCUT2D eigenvalue weighted by molar-refractivity contribution is -0.143. The maximum Gasteiger partial charge on any atom is 0.321 e. The Kier molecular flexibility index (Phi) is 4.48. The topological polar surface area (TPSA) is 89.7 Å². The molecule has 0 atom stereocenters. The van der Waals surface area contributed by atoms with E-state index in [0.29, 0.717) is 12.8 Å². The Labute approximate surface area is 122 Å². The number of rotatable bonds is 6. The van der Waals surface area contributed by atoms with Crippen LogP contribution in [0, 0.1) is 5.82 Å². The standard InChI is InChI=1S/C13H17FN2O4S/c1-2-20-13(17)8-16(9-3-4-9)21(18,19)10-5-6-11(14)12(15)7-10/h5-7,9H,2-4,8,15H2,1H3. The molecule has 0 amide bonds. The fraction of sp³-hybridized carbons (Fsp3) is 0.462. The maximum absolute atomic E-state index is 13.2. The fourth-order valence-electron chi connectivity index (χ4n) is 1.92. The lowest BCUT2D eigenvalue weighted by atomic mass is 10.3. The molecule has 0 radical (unpaired) electrons. The first-order valence-corrected chi connectivity index (χ1v) is 8.02. The number of benzene rings is 1. The van der Waals surface area contributed by atoms with Crippen molar-refractivity contribution in [3.05, 3.63) is 24.0 Å². The van der Waals surface area contributed by atoms with E-state index in [1.54, 1.807) is 6.92 Å². The Morgan fingerprint density at radius 3 is 2.67 bits per heavy atom. The Morgan fingerprint density at radius 1 is 1.48 bits per heavy atom. The van der Waals surface area contributed by atoms with Gasteiger partial charge in [-0.05, 0) is 38.0 Å². The SMILES string of the molecule is CCOC(=O)CN(C1CC1)S(=O)(=O)c1ccc(F)c(N)c1. The van der Waals surface area contributed by atoms with Crippen LogP contribution in [0.15, 0.2) is 23.1 Å². The van der Waals surface area contributed by atoms with Crippen LogP contribution in [0.4, 0.5) is 10.1 Å². The molecule has 0 bridgehead atoms. The molecule has 0 aromatic heterocycles. The number of hydrogen-bond acceptors (Lipinski definition) is 5. The van der Waals surface area contributed by atoms with E-state index < -0.39 is 21.8 Å². The van der Waals surface area contributed by atoms with Crippen LogP contribution in [0.25, 0.3) is 0 Å². The molecule has 0 spiro atoms. The van der Waals surface area contributed by atoms with Crippen LogP contribution in [0.3, 0.4) is 0 Å². The maximum atomic E-state index is 13.2. The summed E-state index contributed by atoms with van der Waals surface area (Å²) in [6.45, 7) is 1.48. The minimum atomic E-state index is -3.90. The highest BCUT2D eigenvalue weighted by Crippen LogP contribution is 2.32. The van der Waals surface area contributed by atoms with Crippen molar-refractivity contribution >= 4 is 21.7 Å². The second-order valence-electron chi connectivity index (χ2n) is 4.77. The summed E-state index contributed by atoms with van der Waals surface area (Å²) in [5, 5.41) is 0. The van der Waals surface area contributed by atoms with Gasteiger partial charge in [-0.2, -0.15) is 4.31 Å².